The maximum atomic E-state index is 12.2. The van der Waals surface area contributed by atoms with Gasteiger partial charge >= 0.3 is 0 Å². The van der Waals surface area contributed by atoms with Gasteiger partial charge in [0, 0.05) is 17.1 Å². The second-order valence-corrected chi connectivity index (χ2v) is 5.50. The van der Waals surface area contributed by atoms with Crippen LogP contribution >= 0.6 is 11.8 Å². The van der Waals surface area contributed by atoms with E-state index in [0.29, 0.717) is 28.9 Å². The van der Waals surface area contributed by atoms with E-state index in [1.54, 1.807) is 24.3 Å². The molecule has 0 saturated carbocycles. The van der Waals surface area contributed by atoms with E-state index in [2.05, 4.69) is 10.6 Å². The Bertz CT molecular complexity index is 419. The van der Waals surface area contributed by atoms with Crippen LogP contribution in [0, 0.1) is 5.92 Å². The number of nitrogens with one attached hydrogen (secondary N) is 2. The fourth-order valence-electron chi connectivity index (χ4n) is 2.04. The Morgan fingerprint density at radius 2 is 2.11 bits per heavy atom. The van der Waals surface area contributed by atoms with Crippen LogP contribution in [-0.2, 0) is 4.79 Å². The van der Waals surface area contributed by atoms with Crippen LogP contribution in [-0.4, -0.2) is 24.8 Å². The van der Waals surface area contributed by atoms with Crippen molar-refractivity contribution in [1.82, 2.24) is 5.32 Å². The molecule has 1 atom stereocenters. The highest BCUT2D eigenvalue weighted by atomic mass is 32.2. The van der Waals surface area contributed by atoms with Crippen molar-refractivity contribution in [2.75, 3.05) is 18.4 Å². The van der Waals surface area contributed by atoms with Crippen molar-refractivity contribution in [3.8, 4) is 0 Å². The van der Waals surface area contributed by atoms with Gasteiger partial charge in [-0.25, -0.2) is 0 Å². The van der Waals surface area contributed by atoms with Crippen LogP contribution in [0.2, 0.25) is 0 Å². The maximum Gasteiger partial charge on any atom is 0.288 e. The summed E-state index contributed by atoms with van der Waals surface area (Å²) in [7, 11) is 0. The first-order chi connectivity index (χ1) is 9.15. The van der Waals surface area contributed by atoms with Crippen LogP contribution in [0.1, 0.15) is 12.8 Å². The summed E-state index contributed by atoms with van der Waals surface area (Å²) in [4.78, 5) is 12.4. The molecule has 1 amide bonds. The molecule has 0 aromatic heterocycles. The third kappa shape index (κ3) is 4.47. The quantitative estimate of drug-likeness (QED) is 0.836. The number of hydrogen-bond acceptors (Lipinski definition) is 3. The molecule has 0 unspecified atom stereocenters. The first-order valence-corrected chi connectivity index (χ1v) is 7.09. The summed E-state index contributed by atoms with van der Waals surface area (Å²) in [5.41, 5.74) is 0.647. The van der Waals surface area contributed by atoms with E-state index in [-0.39, 0.29) is 11.8 Å². The van der Waals surface area contributed by atoms with Gasteiger partial charge in [0.1, 0.15) is 0 Å². The lowest BCUT2D eigenvalue weighted by atomic mass is 9.99. The van der Waals surface area contributed by atoms with E-state index >= 15 is 0 Å². The zero-order valence-electron chi connectivity index (χ0n) is 10.4. The number of amides is 1. The Balaban J connectivity index is 1.89. The number of halogens is 2. The average Bonchev–Trinajstić information content (AvgIpc) is 2.41. The zero-order chi connectivity index (χ0) is 13.7. The van der Waals surface area contributed by atoms with E-state index < -0.39 is 5.76 Å². The van der Waals surface area contributed by atoms with E-state index in [4.69, 9.17) is 0 Å². The number of rotatable bonds is 4. The molecule has 1 aliphatic rings. The second kappa shape index (κ2) is 6.86. The van der Waals surface area contributed by atoms with Crippen molar-refractivity contribution >= 4 is 23.4 Å². The predicted octanol–water partition coefficient (Wildman–Crippen LogP) is 2.94. The first kappa shape index (κ1) is 14.3. The monoisotopic (exact) mass is 286 g/mol. The van der Waals surface area contributed by atoms with Crippen LogP contribution in [0.15, 0.2) is 29.2 Å². The number of alkyl halides is 2. The summed E-state index contributed by atoms with van der Waals surface area (Å²) in [5, 5.41) is 6.00. The summed E-state index contributed by atoms with van der Waals surface area (Å²) >= 11 is 0.498. The minimum absolute atomic E-state index is 0.0103. The minimum atomic E-state index is -2.42. The molecule has 1 aliphatic heterocycles. The molecule has 1 fully saturated rings. The number of piperidine rings is 1. The van der Waals surface area contributed by atoms with Crippen LogP contribution in [0.3, 0.4) is 0 Å². The van der Waals surface area contributed by atoms with Crippen molar-refractivity contribution in [1.29, 1.82) is 0 Å². The molecule has 2 N–H and O–H groups in total. The van der Waals surface area contributed by atoms with Crippen LogP contribution in [0.4, 0.5) is 14.5 Å². The smallest absolute Gasteiger partial charge is 0.288 e. The van der Waals surface area contributed by atoms with E-state index in [1.165, 1.54) is 0 Å². The number of anilines is 1. The van der Waals surface area contributed by atoms with Crippen LogP contribution < -0.4 is 10.6 Å². The van der Waals surface area contributed by atoms with E-state index in [1.807, 2.05) is 0 Å². The molecule has 1 aromatic carbocycles. The van der Waals surface area contributed by atoms with Gasteiger partial charge in [-0.2, -0.15) is 8.78 Å². The standard InChI is InChI=1S/C13H16F2N2OS/c14-13(15)19-11-5-3-10(4-6-11)17-12(18)9-2-1-7-16-8-9/h3-6,9,13,16H,1-2,7-8H2,(H,17,18)/t9-/m1/s1. The largest absolute Gasteiger partial charge is 0.326 e. The van der Waals surface area contributed by atoms with Crippen molar-refractivity contribution in [2.45, 2.75) is 23.5 Å². The molecule has 2 rings (SSSR count). The van der Waals surface area contributed by atoms with Crippen molar-refractivity contribution < 1.29 is 13.6 Å². The topological polar surface area (TPSA) is 41.1 Å². The highest BCUT2D eigenvalue weighted by Crippen LogP contribution is 2.26. The molecular formula is C13H16F2N2OS. The maximum absolute atomic E-state index is 12.2. The molecule has 1 saturated heterocycles. The molecule has 0 bridgehead atoms. The van der Waals surface area contributed by atoms with Crippen molar-refractivity contribution in [3.63, 3.8) is 0 Å². The lowest BCUT2D eigenvalue weighted by Gasteiger charge is -2.21. The minimum Gasteiger partial charge on any atom is -0.326 e. The fourth-order valence-corrected chi connectivity index (χ4v) is 2.54. The van der Waals surface area contributed by atoms with Gasteiger partial charge in [-0.3, -0.25) is 4.79 Å². The summed E-state index contributed by atoms with van der Waals surface area (Å²) in [6, 6.07) is 6.48. The van der Waals surface area contributed by atoms with Gasteiger partial charge in [0.2, 0.25) is 5.91 Å². The Labute approximate surface area is 115 Å². The number of thioether (sulfide) groups is 1. The Kier molecular flexibility index (Phi) is 5.15. The van der Waals surface area contributed by atoms with E-state index in [9.17, 15) is 13.6 Å². The van der Waals surface area contributed by atoms with Gasteiger partial charge in [0.15, 0.2) is 0 Å². The number of benzene rings is 1. The molecule has 1 aromatic rings. The lowest BCUT2D eigenvalue weighted by molar-refractivity contribution is -0.120. The van der Waals surface area contributed by atoms with Gasteiger partial charge in [-0.15, -0.1) is 0 Å². The van der Waals surface area contributed by atoms with Crippen molar-refractivity contribution in [3.05, 3.63) is 24.3 Å². The average molecular weight is 286 g/mol. The van der Waals surface area contributed by atoms with Gasteiger partial charge in [-0.1, -0.05) is 11.8 Å². The van der Waals surface area contributed by atoms with Gasteiger partial charge in [0.05, 0.1) is 5.92 Å². The lowest BCUT2D eigenvalue weighted by Crippen LogP contribution is -2.37. The van der Waals surface area contributed by atoms with Gasteiger partial charge < -0.3 is 10.6 Å². The van der Waals surface area contributed by atoms with Crippen LogP contribution in [0.5, 0.6) is 0 Å². The second-order valence-electron chi connectivity index (χ2n) is 4.44. The summed E-state index contributed by atoms with van der Waals surface area (Å²) in [5.74, 6) is -2.45. The predicted molar refractivity (Wildman–Crippen MR) is 72.5 cm³/mol. The Morgan fingerprint density at radius 3 is 2.68 bits per heavy atom. The summed E-state index contributed by atoms with van der Waals surface area (Å²) in [6.07, 6.45) is 1.89. The molecule has 19 heavy (non-hydrogen) atoms. The molecular weight excluding hydrogens is 270 g/mol. The first-order valence-electron chi connectivity index (χ1n) is 6.21. The van der Waals surface area contributed by atoms with Crippen molar-refractivity contribution in [2.24, 2.45) is 5.92 Å². The summed E-state index contributed by atoms with van der Waals surface area (Å²) in [6.45, 7) is 1.66. The third-order valence-electron chi connectivity index (χ3n) is 3.01. The van der Waals surface area contributed by atoms with Crippen LogP contribution in [0.25, 0.3) is 0 Å². The molecule has 104 valence electrons. The highest BCUT2D eigenvalue weighted by Gasteiger charge is 2.20. The summed E-state index contributed by atoms with van der Waals surface area (Å²) < 4.78 is 24.3. The Morgan fingerprint density at radius 1 is 1.37 bits per heavy atom. The van der Waals surface area contributed by atoms with Gasteiger partial charge in [-0.05, 0) is 43.7 Å². The zero-order valence-corrected chi connectivity index (χ0v) is 11.2. The number of hydrogen-bond donors (Lipinski definition) is 2. The number of carbonyl (C=O) groups is 1. The van der Waals surface area contributed by atoms with Gasteiger partial charge in [0.25, 0.3) is 5.76 Å². The molecule has 1 heterocycles. The van der Waals surface area contributed by atoms with E-state index in [0.717, 1.165) is 19.4 Å². The molecule has 0 radical (unpaired) electrons. The third-order valence-corrected chi connectivity index (χ3v) is 3.74. The molecule has 0 aliphatic carbocycles. The Hall–Kier alpha value is -1.14. The molecule has 6 heteroatoms. The number of carbonyl (C=O) groups excluding carboxylic acids is 1. The SMILES string of the molecule is O=C(Nc1ccc(SC(F)F)cc1)[C@@H]1CCCNC1. The normalized spacial score (nSPS) is 19.4. The fraction of sp³-hybridized carbons (Fsp3) is 0.462. The molecule has 3 nitrogen and oxygen atoms in total. The highest BCUT2D eigenvalue weighted by molar-refractivity contribution is 7.99. The molecule has 0 spiro atoms.